The van der Waals surface area contributed by atoms with Gasteiger partial charge in [-0.2, -0.15) is 0 Å². The van der Waals surface area contributed by atoms with Crippen molar-refractivity contribution in [3.05, 3.63) is 63.4 Å². The lowest BCUT2D eigenvalue weighted by Gasteiger charge is -2.33. The Hall–Kier alpha value is -3.07. The van der Waals surface area contributed by atoms with E-state index < -0.39 is 0 Å². The molecule has 1 aliphatic heterocycles. The molecule has 0 unspecified atom stereocenters. The lowest BCUT2D eigenvalue weighted by atomic mass is 9.95. The van der Waals surface area contributed by atoms with Gasteiger partial charge in [-0.25, -0.2) is 4.98 Å². The molecule has 3 aromatic rings. The number of nitro groups is 1. The van der Waals surface area contributed by atoms with Crippen LogP contribution >= 0.6 is 15.9 Å². The molecule has 2 aromatic heterocycles. The number of nitrogens with one attached hydrogen (secondary N) is 1. The second-order valence-corrected chi connectivity index (χ2v) is 7.79. The number of piperidine rings is 1. The number of benzene rings is 1. The Kier molecular flexibility index (Phi) is 5.39. The van der Waals surface area contributed by atoms with Crippen molar-refractivity contribution < 1.29 is 9.72 Å². The molecule has 1 N–H and O–H groups in total. The zero-order chi connectivity index (χ0) is 20.4. The van der Waals surface area contributed by atoms with Gasteiger partial charge < -0.3 is 10.2 Å². The minimum absolute atomic E-state index is 0.0360. The summed E-state index contributed by atoms with van der Waals surface area (Å²) in [4.78, 5) is 34.2. The lowest BCUT2D eigenvalue weighted by Crippen LogP contribution is -2.38. The van der Waals surface area contributed by atoms with Gasteiger partial charge in [0, 0.05) is 41.9 Å². The van der Waals surface area contributed by atoms with Crippen LogP contribution in [0.15, 0.2) is 53.3 Å². The van der Waals surface area contributed by atoms with Gasteiger partial charge in [-0.3, -0.25) is 19.9 Å². The zero-order valence-corrected chi connectivity index (χ0v) is 17.0. The summed E-state index contributed by atoms with van der Waals surface area (Å²) in [6, 6.07) is 10.3. The maximum atomic E-state index is 12.6. The van der Waals surface area contributed by atoms with Crippen LogP contribution in [-0.4, -0.2) is 33.9 Å². The molecule has 0 bridgehead atoms. The predicted octanol–water partition coefficient (Wildman–Crippen LogP) is 4.16. The highest BCUT2D eigenvalue weighted by Crippen LogP contribution is 2.34. The molecule has 3 heterocycles. The van der Waals surface area contributed by atoms with E-state index in [0.717, 1.165) is 10.2 Å². The van der Waals surface area contributed by atoms with Crippen LogP contribution in [0.5, 0.6) is 0 Å². The maximum absolute atomic E-state index is 12.6. The van der Waals surface area contributed by atoms with Gasteiger partial charge in [-0.05, 0) is 59.1 Å². The van der Waals surface area contributed by atoms with Gasteiger partial charge in [0.15, 0.2) is 0 Å². The fourth-order valence-corrected chi connectivity index (χ4v) is 3.85. The number of carbonyl (C=O) groups excluding carboxylic acids is 1. The number of rotatable bonds is 4. The van der Waals surface area contributed by atoms with E-state index >= 15 is 0 Å². The van der Waals surface area contributed by atoms with Crippen molar-refractivity contribution in [1.29, 1.82) is 0 Å². The third-order valence-electron chi connectivity index (χ3n) is 5.11. The summed E-state index contributed by atoms with van der Waals surface area (Å²) < 4.78 is 0.854. The van der Waals surface area contributed by atoms with Crippen molar-refractivity contribution in [2.24, 2.45) is 5.92 Å². The first-order chi connectivity index (χ1) is 14.0. The maximum Gasteiger partial charge on any atom is 0.278 e. The lowest BCUT2D eigenvalue weighted by molar-refractivity contribution is -0.383. The van der Waals surface area contributed by atoms with Gasteiger partial charge in [-0.15, -0.1) is 0 Å². The molecule has 0 radical (unpaired) electrons. The average molecular weight is 456 g/mol. The molecular weight excluding hydrogens is 438 g/mol. The zero-order valence-electron chi connectivity index (χ0n) is 15.4. The van der Waals surface area contributed by atoms with Gasteiger partial charge in [0.25, 0.3) is 5.69 Å². The third kappa shape index (κ3) is 4.04. The summed E-state index contributed by atoms with van der Waals surface area (Å²) in [6.07, 6.45) is 4.66. The molecule has 8 nitrogen and oxygen atoms in total. The highest BCUT2D eigenvalue weighted by atomic mass is 79.9. The Morgan fingerprint density at radius 1 is 1.17 bits per heavy atom. The van der Waals surface area contributed by atoms with Gasteiger partial charge in [0.1, 0.15) is 11.3 Å². The van der Waals surface area contributed by atoms with E-state index in [1.165, 1.54) is 6.07 Å². The second-order valence-electron chi connectivity index (χ2n) is 6.87. The molecule has 1 aliphatic rings. The van der Waals surface area contributed by atoms with E-state index in [1.54, 1.807) is 36.7 Å². The van der Waals surface area contributed by atoms with E-state index in [2.05, 4.69) is 36.1 Å². The molecule has 148 valence electrons. The summed E-state index contributed by atoms with van der Waals surface area (Å²) >= 11 is 3.32. The number of non-ortho nitro benzene ring substituents is 1. The fraction of sp³-hybridized carbons (Fsp3) is 0.250. The van der Waals surface area contributed by atoms with E-state index in [9.17, 15) is 14.9 Å². The topological polar surface area (TPSA) is 101 Å². The van der Waals surface area contributed by atoms with Crippen molar-refractivity contribution in [3.63, 3.8) is 0 Å². The first-order valence-electron chi connectivity index (χ1n) is 9.22. The van der Waals surface area contributed by atoms with E-state index in [4.69, 9.17) is 0 Å². The Morgan fingerprint density at radius 3 is 2.66 bits per heavy atom. The van der Waals surface area contributed by atoms with Crippen molar-refractivity contribution in [2.45, 2.75) is 12.8 Å². The quantitative estimate of drug-likeness (QED) is 0.468. The number of amides is 1. The number of pyridine rings is 2. The minimum atomic E-state index is -0.388. The minimum Gasteiger partial charge on any atom is -0.370 e. The molecule has 9 heteroatoms. The monoisotopic (exact) mass is 455 g/mol. The molecule has 29 heavy (non-hydrogen) atoms. The van der Waals surface area contributed by atoms with Crippen LogP contribution < -0.4 is 10.2 Å². The molecule has 0 atom stereocenters. The normalized spacial score (nSPS) is 14.7. The first kappa shape index (κ1) is 19.3. The van der Waals surface area contributed by atoms with Crippen molar-refractivity contribution in [1.82, 2.24) is 9.97 Å². The molecule has 0 spiro atoms. The van der Waals surface area contributed by atoms with Gasteiger partial charge in [0.2, 0.25) is 5.91 Å². The summed E-state index contributed by atoms with van der Waals surface area (Å²) in [7, 11) is 0. The Morgan fingerprint density at radius 2 is 1.97 bits per heavy atom. The van der Waals surface area contributed by atoms with Crippen LogP contribution in [0.25, 0.3) is 10.9 Å². The predicted molar refractivity (Wildman–Crippen MR) is 114 cm³/mol. The number of aromatic nitrogens is 2. The molecule has 1 saturated heterocycles. The second kappa shape index (κ2) is 8.12. The number of hydrogen-bond donors (Lipinski definition) is 1. The number of nitrogens with zero attached hydrogens (tertiary/aromatic N) is 4. The van der Waals surface area contributed by atoms with Crippen LogP contribution in [0, 0.1) is 16.0 Å². The summed E-state index contributed by atoms with van der Waals surface area (Å²) in [6.45, 7) is 1.35. The number of anilines is 2. The number of hydrogen-bond acceptors (Lipinski definition) is 6. The molecule has 0 saturated carbocycles. The Labute approximate surface area is 175 Å². The van der Waals surface area contributed by atoms with E-state index in [0.29, 0.717) is 42.7 Å². The molecule has 1 aromatic carbocycles. The SMILES string of the molecule is O=C(Nc1ccc(Br)cn1)C1CCN(c2ccc([N+](=O)[O-])c3cccnc23)CC1. The number of halogens is 1. The molecule has 0 aliphatic carbocycles. The number of nitro benzene ring substituents is 1. The summed E-state index contributed by atoms with van der Waals surface area (Å²) in [5.74, 6) is 0.395. The average Bonchev–Trinajstić information content (AvgIpc) is 2.74. The standard InChI is InChI=1S/C20H18BrN5O3/c21-14-3-6-18(23-12-14)24-20(27)13-7-10-25(11-8-13)17-5-4-16(26(28)29)15-2-1-9-22-19(15)17/h1-6,9,12-13H,7-8,10-11H2,(H,23,24,27). The number of carbonyl (C=O) groups is 1. The first-order valence-corrected chi connectivity index (χ1v) is 10.0. The van der Waals surface area contributed by atoms with Gasteiger partial charge >= 0.3 is 0 Å². The van der Waals surface area contributed by atoms with E-state index in [-0.39, 0.29) is 22.4 Å². The Balaban J connectivity index is 1.47. The third-order valence-corrected chi connectivity index (χ3v) is 5.58. The van der Waals surface area contributed by atoms with Crippen molar-refractivity contribution in [2.75, 3.05) is 23.3 Å². The van der Waals surface area contributed by atoms with E-state index in [1.807, 2.05) is 6.07 Å². The summed E-state index contributed by atoms with van der Waals surface area (Å²) in [5, 5.41) is 14.7. The summed E-state index contributed by atoms with van der Waals surface area (Å²) in [5.41, 5.74) is 1.52. The van der Waals surface area contributed by atoms with Gasteiger partial charge in [-0.1, -0.05) is 0 Å². The molecule has 1 amide bonds. The molecule has 4 rings (SSSR count). The van der Waals surface area contributed by atoms with Crippen LogP contribution in [0.4, 0.5) is 17.2 Å². The Bertz CT molecular complexity index is 1070. The smallest absolute Gasteiger partial charge is 0.278 e. The highest BCUT2D eigenvalue weighted by molar-refractivity contribution is 9.10. The van der Waals surface area contributed by atoms with Crippen LogP contribution in [0.1, 0.15) is 12.8 Å². The number of fused-ring (bicyclic) bond motifs is 1. The largest absolute Gasteiger partial charge is 0.370 e. The van der Waals surface area contributed by atoms with Crippen LogP contribution in [0.2, 0.25) is 0 Å². The fourth-order valence-electron chi connectivity index (χ4n) is 3.62. The van der Waals surface area contributed by atoms with Crippen LogP contribution in [0.3, 0.4) is 0 Å². The van der Waals surface area contributed by atoms with Gasteiger partial charge in [0.05, 0.1) is 16.0 Å². The van der Waals surface area contributed by atoms with Crippen LogP contribution in [-0.2, 0) is 4.79 Å². The molecular formula is C20H18BrN5O3. The highest BCUT2D eigenvalue weighted by Gasteiger charge is 2.27. The van der Waals surface area contributed by atoms with Crippen molar-refractivity contribution >= 4 is 49.9 Å². The molecule has 1 fully saturated rings. The van der Waals surface area contributed by atoms with Crippen molar-refractivity contribution in [3.8, 4) is 0 Å².